The summed E-state index contributed by atoms with van der Waals surface area (Å²) in [6.45, 7) is 10.9. The number of nitrogens with zero attached hydrogens (tertiary/aromatic N) is 4. The van der Waals surface area contributed by atoms with Gasteiger partial charge in [0.15, 0.2) is 0 Å². The van der Waals surface area contributed by atoms with E-state index < -0.39 is 0 Å². The van der Waals surface area contributed by atoms with Crippen molar-refractivity contribution >= 4 is 5.82 Å². The van der Waals surface area contributed by atoms with Crippen molar-refractivity contribution in [3.8, 4) is 0 Å². The van der Waals surface area contributed by atoms with E-state index in [0.29, 0.717) is 0 Å². The lowest BCUT2D eigenvalue weighted by molar-refractivity contribution is -0.0769. The minimum absolute atomic E-state index is 0.0599. The van der Waals surface area contributed by atoms with Crippen molar-refractivity contribution in [3.63, 3.8) is 0 Å². The molecule has 0 bridgehead atoms. The van der Waals surface area contributed by atoms with Crippen LogP contribution in [-0.4, -0.2) is 59.8 Å². The molecule has 1 unspecified atom stereocenters. The molecule has 0 amide bonds. The molecule has 2 fully saturated rings. The first-order chi connectivity index (χ1) is 10.1. The predicted octanol–water partition coefficient (Wildman–Crippen LogP) is 1.80. The van der Waals surface area contributed by atoms with Crippen molar-refractivity contribution in [2.75, 3.05) is 44.2 Å². The molecule has 1 aromatic heterocycles. The van der Waals surface area contributed by atoms with Gasteiger partial charge >= 0.3 is 0 Å². The van der Waals surface area contributed by atoms with Crippen LogP contribution in [-0.2, 0) is 4.74 Å². The molecule has 1 aromatic rings. The Labute approximate surface area is 127 Å². The molecule has 0 aromatic carbocycles. The third-order valence-electron chi connectivity index (χ3n) is 4.56. The Morgan fingerprint density at radius 2 is 2.05 bits per heavy atom. The van der Waals surface area contributed by atoms with Gasteiger partial charge in [-0.2, -0.15) is 0 Å². The van der Waals surface area contributed by atoms with Gasteiger partial charge in [-0.1, -0.05) is 0 Å². The topological polar surface area (TPSA) is 41.5 Å². The van der Waals surface area contributed by atoms with Crippen LogP contribution in [0.5, 0.6) is 0 Å². The first-order valence-corrected chi connectivity index (χ1v) is 8.00. The molecule has 3 rings (SSSR count). The van der Waals surface area contributed by atoms with Gasteiger partial charge in [0, 0.05) is 51.7 Å². The molecule has 116 valence electrons. The van der Waals surface area contributed by atoms with E-state index in [1.54, 1.807) is 12.4 Å². The maximum absolute atomic E-state index is 5.82. The van der Waals surface area contributed by atoms with Gasteiger partial charge in [0.2, 0.25) is 0 Å². The van der Waals surface area contributed by atoms with Crippen LogP contribution in [0.1, 0.15) is 26.7 Å². The molecule has 1 atom stereocenters. The molecule has 2 aliphatic heterocycles. The molecule has 21 heavy (non-hydrogen) atoms. The Kier molecular flexibility index (Phi) is 4.40. The summed E-state index contributed by atoms with van der Waals surface area (Å²) in [7, 11) is 0. The van der Waals surface area contributed by atoms with E-state index in [1.807, 2.05) is 6.20 Å². The number of ether oxygens (including phenoxy) is 1. The average Bonchev–Trinajstić information content (AvgIpc) is 2.48. The quantitative estimate of drug-likeness (QED) is 0.849. The second-order valence-electron chi connectivity index (χ2n) is 6.82. The van der Waals surface area contributed by atoms with E-state index >= 15 is 0 Å². The third kappa shape index (κ3) is 3.92. The van der Waals surface area contributed by atoms with E-state index in [1.165, 1.54) is 19.4 Å². The minimum atomic E-state index is 0.0599. The van der Waals surface area contributed by atoms with E-state index in [4.69, 9.17) is 4.74 Å². The van der Waals surface area contributed by atoms with Crippen LogP contribution >= 0.6 is 0 Å². The largest absolute Gasteiger partial charge is 0.376 e. The highest BCUT2D eigenvalue weighted by Crippen LogP contribution is 2.29. The molecule has 5 heteroatoms. The standard InChI is InChI=1S/C16H26N4O/c1-16(2)11-14(3-10-21-16)13-19-6-8-20(9-7-19)15-12-17-4-5-18-15/h4-5,12,14H,3,6-11,13H2,1-2H3. The van der Waals surface area contributed by atoms with Crippen LogP contribution in [0.25, 0.3) is 0 Å². The van der Waals surface area contributed by atoms with E-state index in [2.05, 4.69) is 33.6 Å². The molecule has 0 N–H and O–H groups in total. The molecule has 5 nitrogen and oxygen atoms in total. The third-order valence-corrected chi connectivity index (χ3v) is 4.56. The summed E-state index contributed by atoms with van der Waals surface area (Å²) in [5.41, 5.74) is 0.0599. The second kappa shape index (κ2) is 6.28. The smallest absolute Gasteiger partial charge is 0.147 e. The molecular weight excluding hydrogens is 264 g/mol. The highest BCUT2D eigenvalue weighted by molar-refractivity contribution is 5.35. The van der Waals surface area contributed by atoms with Crippen molar-refractivity contribution in [3.05, 3.63) is 18.6 Å². The highest BCUT2D eigenvalue weighted by Gasteiger charge is 2.30. The summed E-state index contributed by atoms with van der Waals surface area (Å²) in [4.78, 5) is 13.5. The molecule has 3 heterocycles. The van der Waals surface area contributed by atoms with Crippen LogP contribution in [0, 0.1) is 5.92 Å². The Bertz CT molecular complexity index is 443. The zero-order valence-electron chi connectivity index (χ0n) is 13.2. The van der Waals surface area contributed by atoms with Gasteiger partial charge in [-0.25, -0.2) is 4.98 Å². The van der Waals surface area contributed by atoms with Crippen LogP contribution in [0.2, 0.25) is 0 Å². The van der Waals surface area contributed by atoms with Crippen LogP contribution in [0.4, 0.5) is 5.82 Å². The summed E-state index contributed by atoms with van der Waals surface area (Å²) in [5, 5.41) is 0. The van der Waals surface area contributed by atoms with Crippen molar-refractivity contribution < 1.29 is 4.74 Å². The number of rotatable bonds is 3. The zero-order valence-corrected chi connectivity index (χ0v) is 13.2. The first kappa shape index (κ1) is 14.7. The summed E-state index contributed by atoms with van der Waals surface area (Å²) in [6.07, 6.45) is 7.74. The molecule has 0 saturated carbocycles. The summed E-state index contributed by atoms with van der Waals surface area (Å²) in [6, 6.07) is 0. The first-order valence-electron chi connectivity index (χ1n) is 8.00. The molecule has 2 aliphatic rings. The van der Waals surface area contributed by atoms with Crippen molar-refractivity contribution in [2.45, 2.75) is 32.3 Å². The number of anilines is 1. The lowest BCUT2D eigenvalue weighted by Gasteiger charge is -2.40. The average molecular weight is 290 g/mol. The summed E-state index contributed by atoms with van der Waals surface area (Å²) < 4.78 is 5.82. The monoisotopic (exact) mass is 290 g/mol. The SMILES string of the molecule is CC1(C)CC(CN2CCN(c3cnccn3)CC2)CCO1. The molecule has 0 radical (unpaired) electrons. The maximum Gasteiger partial charge on any atom is 0.147 e. The summed E-state index contributed by atoms with van der Waals surface area (Å²) >= 11 is 0. The Balaban J connectivity index is 1.48. The highest BCUT2D eigenvalue weighted by atomic mass is 16.5. The molecule has 0 spiro atoms. The second-order valence-corrected chi connectivity index (χ2v) is 6.82. The predicted molar refractivity (Wildman–Crippen MR) is 83.4 cm³/mol. The van der Waals surface area contributed by atoms with Gasteiger partial charge in [0.1, 0.15) is 5.82 Å². The number of hydrogen-bond acceptors (Lipinski definition) is 5. The van der Waals surface area contributed by atoms with E-state index in [-0.39, 0.29) is 5.60 Å². The maximum atomic E-state index is 5.82. The Morgan fingerprint density at radius 1 is 1.24 bits per heavy atom. The van der Waals surface area contributed by atoms with Gasteiger partial charge in [-0.15, -0.1) is 0 Å². The van der Waals surface area contributed by atoms with Crippen molar-refractivity contribution in [1.82, 2.24) is 14.9 Å². The lowest BCUT2D eigenvalue weighted by atomic mass is 9.88. The number of aromatic nitrogens is 2. The minimum Gasteiger partial charge on any atom is -0.376 e. The van der Waals surface area contributed by atoms with Crippen molar-refractivity contribution in [2.24, 2.45) is 5.92 Å². The van der Waals surface area contributed by atoms with Gasteiger partial charge in [-0.05, 0) is 32.6 Å². The number of hydrogen-bond donors (Lipinski definition) is 0. The van der Waals surface area contributed by atoms with Crippen LogP contribution in [0.3, 0.4) is 0 Å². The Morgan fingerprint density at radius 3 is 2.71 bits per heavy atom. The fraction of sp³-hybridized carbons (Fsp3) is 0.750. The summed E-state index contributed by atoms with van der Waals surface area (Å²) in [5.74, 6) is 1.78. The zero-order chi connectivity index (χ0) is 14.7. The van der Waals surface area contributed by atoms with E-state index in [0.717, 1.165) is 44.5 Å². The fourth-order valence-corrected chi connectivity index (χ4v) is 3.49. The lowest BCUT2D eigenvalue weighted by Crippen LogP contribution is -2.49. The van der Waals surface area contributed by atoms with Crippen molar-refractivity contribution in [1.29, 1.82) is 0 Å². The molecule has 0 aliphatic carbocycles. The van der Waals surface area contributed by atoms with Gasteiger partial charge in [-0.3, -0.25) is 9.88 Å². The Hall–Kier alpha value is -1.20. The molecular formula is C16H26N4O. The molecule has 2 saturated heterocycles. The fourth-order valence-electron chi connectivity index (χ4n) is 3.49. The van der Waals surface area contributed by atoms with Gasteiger partial charge in [0.25, 0.3) is 0 Å². The van der Waals surface area contributed by atoms with Gasteiger partial charge < -0.3 is 9.64 Å². The normalized spacial score (nSPS) is 26.8. The van der Waals surface area contributed by atoms with Crippen LogP contribution in [0.15, 0.2) is 18.6 Å². The van der Waals surface area contributed by atoms with E-state index in [9.17, 15) is 0 Å². The van der Waals surface area contributed by atoms with Gasteiger partial charge in [0.05, 0.1) is 11.8 Å². The number of piperazine rings is 1. The van der Waals surface area contributed by atoms with Crippen LogP contribution < -0.4 is 4.90 Å².